The molecule has 0 saturated carbocycles. The summed E-state index contributed by atoms with van der Waals surface area (Å²) in [5.41, 5.74) is 2.32. The van der Waals surface area contributed by atoms with Gasteiger partial charge in [0.05, 0.1) is 12.2 Å². The summed E-state index contributed by atoms with van der Waals surface area (Å²) in [5.74, 6) is 0. The maximum absolute atomic E-state index is 4.17. The minimum atomic E-state index is 0.0987. The molecule has 19 heavy (non-hydrogen) atoms. The van der Waals surface area contributed by atoms with Crippen molar-refractivity contribution in [3.8, 4) is 0 Å². The maximum Gasteiger partial charge on any atom is 0.0596 e. The standard InChI is InChI=1S/C15H14N4/c1-16-15(12-5-8-18-19-10-12)14-4-2-3-11-9-17-7-6-13(11)14/h2-10,15-16H,1H3. The normalized spacial score (nSPS) is 12.5. The molecule has 0 fully saturated rings. The molecule has 0 spiro atoms. The molecule has 0 aliphatic heterocycles. The molecule has 0 radical (unpaired) electrons. The predicted molar refractivity (Wildman–Crippen MR) is 74.7 cm³/mol. The summed E-state index contributed by atoms with van der Waals surface area (Å²) in [4.78, 5) is 4.17. The lowest BCUT2D eigenvalue weighted by atomic mass is 9.96. The van der Waals surface area contributed by atoms with Crippen LogP contribution < -0.4 is 5.32 Å². The zero-order chi connectivity index (χ0) is 13.1. The van der Waals surface area contributed by atoms with Gasteiger partial charge < -0.3 is 5.32 Å². The Labute approximate surface area is 111 Å². The van der Waals surface area contributed by atoms with Gasteiger partial charge in [0.1, 0.15) is 0 Å². The van der Waals surface area contributed by atoms with E-state index in [9.17, 15) is 0 Å². The molecule has 0 aliphatic carbocycles. The van der Waals surface area contributed by atoms with Crippen LogP contribution in [0.5, 0.6) is 0 Å². The van der Waals surface area contributed by atoms with Crippen molar-refractivity contribution in [3.05, 3.63) is 66.2 Å². The Morgan fingerprint density at radius 3 is 2.74 bits per heavy atom. The van der Waals surface area contributed by atoms with Crippen molar-refractivity contribution in [2.75, 3.05) is 7.05 Å². The summed E-state index contributed by atoms with van der Waals surface area (Å²) in [6, 6.07) is 10.4. The summed E-state index contributed by atoms with van der Waals surface area (Å²) in [7, 11) is 1.95. The van der Waals surface area contributed by atoms with Gasteiger partial charge in [0, 0.05) is 24.0 Å². The Balaban J connectivity index is 2.17. The molecule has 94 valence electrons. The van der Waals surface area contributed by atoms with Gasteiger partial charge in [-0.05, 0) is 35.7 Å². The number of hydrogen-bond acceptors (Lipinski definition) is 4. The van der Waals surface area contributed by atoms with Crippen molar-refractivity contribution in [1.29, 1.82) is 0 Å². The van der Waals surface area contributed by atoms with E-state index in [2.05, 4.69) is 38.7 Å². The van der Waals surface area contributed by atoms with Crippen molar-refractivity contribution in [1.82, 2.24) is 20.5 Å². The van der Waals surface area contributed by atoms with Crippen LogP contribution in [0.3, 0.4) is 0 Å². The number of fused-ring (bicyclic) bond motifs is 1. The molecule has 4 heteroatoms. The van der Waals surface area contributed by atoms with Crippen LogP contribution in [0.15, 0.2) is 55.1 Å². The molecule has 0 saturated heterocycles. The zero-order valence-electron chi connectivity index (χ0n) is 10.6. The van der Waals surface area contributed by atoms with Gasteiger partial charge in [-0.1, -0.05) is 18.2 Å². The maximum atomic E-state index is 4.17. The number of rotatable bonds is 3. The minimum Gasteiger partial charge on any atom is -0.309 e. The summed E-state index contributed by atoms with van der Waals surface area (Å²) >= 11 is 0. The third kappa shape index (κ3) is 2.18. The highest BCUT2D eigenvalue weighted by Gasteiger charge is 2.14. The van der Waals surface area contributed by atoms with E-state index < -0.39 is 0 Å². The smallest absolute Gasteiger partial charge is 0.0596 e. The molecular weight excluding hydrogens is 236 g/mol. The van der Waals surface area contributed by atoms with Crippen LogP contribution in [0.2, 0.25) is 0 Å². The van der Waals surface area contributed by atoms with Gasteiger partial charge in [0.15, 0.2) is 0 Å². The zero-order valence-corrected chi connectivity index (χ0v) is 10.6. The molecular formula is C15H14N4. The highest BCUT2D eigenvalue weighted by atomic mass is 15.1. The van der Waals surface area contributed by atoms with Crippen molar-refractivity contribution in [3.63, 3.8) is 0 Å². The Hall–Kier alpha value is -2.33. The Kier molecular flexibility index (Phi) is 3.16. The van der Waals surface area contributed by atoms with E-state index in [1.54, 1.807) is 12.4 Å². The van der Waals surface area contributed by atoms with Gasteiger partial charge >= 0.3 is 0 Å². The molecule has 1 N–H and O–H groups in total. The van der Waals surface area contributed by atoms with E-state index in [0.717, 1.165) is 10.9 Å². The molecule has 3 rings (SSSR count). The van der Waals surface area contributed by atoms with E-state index in [1.165, 1.54) is 10.9 Å². The first-order valence-corrected chi connectivity index (χ1v) is 6.16. The second kappa shape index (κ2) is 5.12. The molecule has 0 aliphatic rings. The first kappa shape index (κ1) is 11.7. The molecule has 3 aromatic rings. The van der Waals surface area contributed by atoms with Gasteiger partial charge in [-0.2, -0.15) is 10.2 Å². The van der Waals surface area contributed by atoms with E-state index in [0.29, 0.717) is 0 Å². The first-order valence-electron chi connectivity index (χ1n) is 6.16. The van der Waals surface area contributed by atoms with Crippen molar-refractivity contribution in [2.24, 2.45) is 0 Å². The van der Waals surface area contributed by atoms with Gasteiger partial charge in [0.25, 0.3) is 0 Å². The van der Waals surface area contributed by atoms with Crippen LogP contribution >= 0.6 is 0 Å². The summed E-state index contributed by atoms with van der Waals surface area (Å²) in [6.45, 7) is 0. The number of benzene rings is 1. The highest BCUT2D eigenvalue weighted by Crippen LogP contribution is 2.27. The fourth-order valence-corrected chi connectivity index (χ4v) is 2.37. The molecule has 1 aromatic carbocycles. The summed E-state index contributed by atoms with van der Waals surface area (Å²) in [6.07, 6.45) is 7.22. The molecule has 1 unspecified atom stereocenters. The average molecular weight is 250 g/mol. The monoisotopic (exact) mass is 250 g/mol. The van der Waals surface area contributed by atoms with Crippen molar-refractivity contribution >= 4 is 10.8 Å². The van der Waals surface area contributed by atoms with E-state index in [4.69, 9.17) is 0 Å². The van der Waals surface area contributed by atoms with Crippen LogP contribution in [0, 0.1) is 0 Å². The van der Waals surface area contributed by atoms with E-state index in [-0.39, 0.29) is 6.04 Å². The number of nitrogens with zero attached hydrogens (tertiary/aromatic N) is 3. The molecule has 1 atom stereocenters. The molecule has 2 aromatic heterocycles. The molecule has 2 heterocycles. The summed E-state index contributed by atoms with van der Waals surface area (Å²) < 4.78 is 0. The number of nitrogens with one attached hydrogen (secondary N) is 1. The lowest BCUT2D eigenvalue weighted by Gasteiger charge is -2.18. The lowest BCUT2D eigenvalue weighted by Crippen LogP contribution is -2.18. The predicted octanol–water partition coefficient (Wildman–Crippen LogP) is 2.33. The number of aromatic nitrogens is 3. The quantitative estimate of drug-likeness (QED) is 0.775. The second-order valence-electron chi connectivity index (χ2n) is 4.34. The third-order valence-corrected chi connectivity index (χ3v) is 3.25. The summed E-state index contributed by atoms with van der Waals surface area (Å²) in [5, 5.41) is 13.5. The van der Waals surface area contributed by atoms with Gasteiger partial charge in [-0.25, -0.2) is 0 Å². The van der Waals surface area contributed by atoms with E-state index >= 15 is 0 Å². The van der Waals surface area contributed by atoms with Gasteiger partial charge in [-0.15, -0.1) is 0 Å². The van der Waals surface area contributed by atoms with Gasteiger partial charge in [0.2, 0.25) is 0 Å². The lowest BCUT2D eigenvalue weighted by molar-refractivity contribution is 0.689. The first-order chi connectivity index (χ1) is 9.40. The highest BCUT2D eigenvalue weighted by molar-refractivity contribution is 5.85. The fraction of sp³-hybridized carbons (Fsp3) is 0.133. The Morgan fingerprint density at radius 2 is 1.95 bits per heavy atom. The number of hydrogen-bond donors (Lipinski definition) is 1. The largest absolute Gasteiger partial charge is 0.309 e. The van der Waals surface area contributed by atoms with E-state index in [1.807, 2.05) is 31.6 Å². The van der Waals surface area contributed by atoms with Crippen molar-refractivity contribution < 1.29 is 0 Å². The van der Waals surface area contributed by atoms with Gasteiger partial charge in [-0.3, -0.25) is 4.98 Å². The van der Waals surface area contributed by atoms with Crippen LogP contribution in [0.25, 0.3) is 10.8 Å². The SMILES string of the molecule is CNC(c1ccnnc1)c1cccc2cnccc12. The van der Waals surface area contributed by atoms with Crippen LogP contribution in [-0.2, 0) is 0 Å². The molecule has 4 nitrogen and oxygen atoms in total. The van der Waals surface area contributed by atoms with Crippen LogP contribution in [0.4, 0.5) is 0 Å². The van der Waals surface area contributed by atoms with Crippen LogP contribution in [-0.4, -0.2) is 22.2 Å². The second-order valence-corrected chi connectivity index (χ2v) is 4.34. The average Bonchev–Trinajstić information content (AvgIpc) is 2.49. The molecule has 0 amide bonds. The molecule has 0 bridgehead atoms. The third-order valence-electron chi connectivity index (χ3n) is 3.25. The topological polar surface area (TPSA) is 50.7 Å². The number of pyridine rings is 1. The Morgan fingerprint density at radius 1 is 1.00 bits per heavy atom. The minimum absolute atomic E-state index is 0.0987. The Bertz CT molecular complexity index is 677. The van der Waals surface area contributed by atoms with Crippen molar-refractivity contribution in [2.45, 2.75) is 6.04 Å². The fourth-order valence-electron chi connectivity index (χ4n) is 2.37. The van der Waals surface area contributed by atoms with Crippen LogP contribution in [0.1, 0.15) is 17.2 Å².